The molecule has 0 saturated heterocycles. The summed E-state index contributed by atoms with van der Waals surface area (Å²) in [6.45, 7) is 1.97. The molecule has 0 spiro atoms. The maximum Gasteiger partial charge on any atom is 0.223 e. The van der Waals surface area contributed by atoms with Gasteiger partial charge in [0.15, 0.2) is 0 Å². The van der Waals surface area contributed by atoms with Gasteiger partial charge in [0.1, 0.15) is 0 Å². The highest BCUT2D eigenvalue weighted by Crippen LogP contribution is 2.27. The molecule has 88 valence electrons. The maximum atomic E-state index is 11.8. The van der Waals surface area contributed by atoms with Crippen molar-refractivity contribution >= 4 is 5.91 Å². The van der Waals surface area contributed by atoms with Crippen LogP contribution in [0.15, 0.2) is 24.3 Å². The molecule has 1 saturated carbocycles. The largest absolute Gasteiger partial charge is 0.349 e. The number of nitriles is 1. The lowest BCUT2D eigenvalue weighted by molar-refractivity contribution is -0.128. The Hall–Kier alpha value is -1.82. The molecule has 0 bridgehead atoms. The Kier molecular flexibility index (Phi) is 3.43. The van der Waals surface area contributed by atoms with Gasteiger partial charge in [-0.2, -0.15) is 5.26 Å². The number of carbonyl (C=O) groups excluding carboxylic acids is 1. The van der Waals surface area contributed by atoms with Gasteiger partial charge in [0.25, 0.3) is 0 Å². The van der Waals surface area contributed by atoms with Crippen molar-refractivity contribution in [3.05, 3.63) is 35.4 Å². The number of rotatable bonds is 3. The fraction of sp³-hybridized carbons (Fsp3) is 0.429. The topological polar surface area (TPSA) is 52.9 Å². The molecule has 1 atom stereocenters. The number of amides is 1. The van der Waals surface area contributed by atoms with Crippen molar-refractivity contribution in [2.24, 2.45) is 5.92 Å². The second-order valence-electron chi connectivity index (χ2n) is 4.59. The van der Waals surface area contributed by atoms with E-state index in [-0.39, 0.29) is 17.9 Å². The molecule has 1 N–H and O–H groups in total. The monoisotopic (exact) mass is 228 g/mol. The first-order valence-electron chi connectivity index (χ1n) is 6.01. The van der Waals surface area contributed by atoms with Gasteiger partial charge in [0, 0.05) is 5.92 Å². The van der Waals surface area contributed by atoms with Crippen LogP contribution in [-0.4, -0.2) is 5.91 Å². The highest BCUT2D eigenvalue weighted by Gasteiger charge is 2.26. The second kappa shape index (κ2) is 5.01. The Morgan fingerprint density at radius 3 is 2.53 bits per heavy atom. The molecule has 0 aliphatic heterocycles. The summed E-state index contributed by atoms with van der Waals surface area (Å²) in [5.41, 5.74) is 1.68. The van der Waals surface area contributed by atoms with Gasteiger partial charge in [0.05, 0.1) is 17.7 Å². The lowest BCUT2D eigenvalue weighted by Gasteiger charge is -2.26. The van der Waals surface area contributed by atoms with Crippen LogP contribution >= 0.6 is 0 Å². The van der Waals surface area contributed by atoms with E-state index in [4.69, 9.17) is 5.26 Å². The Morgan fingerprint density at radius 1 is 1.41 bits per heavy atom. The van der Waals surface area contributed by atoms with Crippen LogP contribution in [0, 0.1) is 17.2 Å². The van der Waals surface area contributed by atoms with Crippen LogP contribution in [0.3, 0.4) is 0 Å². The van der Waals surface area contributed by atoms with Gasteiger partial charge in [-0.3, -0.25) is 4.79 Å². The van der Waals surface area contributed by atoms with E-state index in [9.17, 15) is 4.79 Å². The molecule has 1 aliphatic rings. The second-order valence-corrected chi connectivity index (χ2v) is 4.59. The summed E-state index contributed by atoms with van der Waals surface area (Å²) in [5, 5.41) is 11.7. The van der Waals surface area contributed by atoms with E-state index in [0.717, 1.165) is 18.4 Å². The summed E-state index contributed by atoms with van der Waals surface area (Å²) >= 11 is 0. The molecule has 0 radical (unpaired) electrons. The highest BCUT2D eigenvalue weighted by atomic mass is 16.1. The van der Waals surface area contributed by atoms with Crippen LogP contribution in [0.4, 0.5) is 0 Å². The number of hydrogen-bond donors (Lipinski definition) is 1. The molecule has 3 heteroatoms. The van der Waals surface area contributed by atoms with Gasteiger partial charge < -0.3 is 5.32 Å². The predicted molar refractivity (Wildman–Crippen MR) is 65.1 cm³/mol. The highest BCUT2D eigenvalue weighted by molar-refractivity contribution is 5.79. The van der Waals surface area contributed by atoms with E-state index < -0.39 is 0 Å². The van der Waals surface area contributed by atoms with E-state index in [1.165, 1.54) is 6.42 Å². The van der Waals surface area contributed by atoms with Crippen LogP contribution in [0.1, 0.15) is 43.4 Å². The zero-order chi connectivity index (χ0) is 12.3. The quantitative estimate of drug-likeness (QED) is 0.864. The van der Waals surface area contributed by atoms with Crippen molar-refractivity contribution in [3.8, 4) is 6.07 Å². The van der Waals surface area contributed by atoms with Crippen LogP contribution in [0.25, 0.3) is 0 Å². The zero-order valence-electron chi connectivity index (χ0n) is 9.94. The third-order valence-electron chi connectivity index (χ3n) is 3.37. The fourth-order valence-corrected chi connectivity index (χ4v) is 1.93. The summed E-state index contributed by atoms with van der Waals surface area (Å²) in [6.07, 6.45) is 3.21. The van der Waals surface area contributed by atoms with Crippen molar-refractivity contribution in [1.82, 2.24) is 5.32 Å². The zero-order valence-corrected chi connectivity index (χ0v) is 9.94. The van der Waals surface area contributed by atoms with E-state index in [0.29, 0.717) is 5.56 Å². The Labute approximate surface area is 101 Å². The molecule has 1 amide bonds. The van der Waals surface area contributed by atoms with Crippen LogP contribution in [0.2, 0.25) is 0 Å². The Bertz CT molecular complexity index is 440. The van der Waals surface area contributed by atoms with Gasteiger partial charge >= 0.3 is 0 Å². The first kappa shape index (κ1) is 11.7. The van der Waals surface area contributed by atoms with Crippen molar-refractivity contribution in [2.45, 2.75) is 32.2 Å². The fourth-order valence-electron chi connectivity index (χ4n) is 1.93. The van der Waals surface area contributed by atoms with E-state index >= 15 is 0 Å². The van der Waals surface area contributed by atoms with Gasteiger partial charge in [-0.1, -0.05) is 18.6 Å². The molecule has 1 unspecified atom stereocenters. The molecular weight excluding hydrogens is 212 g/mol. The van der Waals surface area contributed by atoms with E-state index in [2.05, 4.69) is 11.4 Å². The van der Waals surface area contributed by atoms with Crippen LogP contribution in [0.5, 0.6) is 0 Å². The maximum absolute atomic E-state index is 11.8. The number of benzene rings is 1. The van der Waals surface area contributed by atoms with Crippen molar-refractivity contribution in [1.29, 1.82) is 5.26 Å². The summed E-state index contributed by atoms with van der Waals surface area (Å²) in [5.74, 6) is 0.379. The van der Waals surface area contributed by atoms with Gasteiger partial charge in [0.2, 0.25) is 5.91 Å². The number of nitrogens with one attached hydrogen (secondary N) is 1. The minimum Gasteiger partial charge on any atom is -0.349 e. The summed E-state index contributed by atoms with van der Waals surface area (Å²) < 4.78 is 0. The van der Waals surface area contributed by atoms with Gasteiger partial charge in [-0.15, -0.1) is 0 Å². The lowest BCUT2D eigenvalue weighted by atomic mass is 9.84. The minimum absolute atomic E-state index is 0.0100. The average Bonchev–Trinajstić information content (AvgIpc) is 2.26. The molecule has 0 heterocycles. The molecule has 1 fully saturated rings. The number of carbonyl (C=O) groups is 1. The lowest BCUT2D eigenvalue weighted by Crippen LogP contribution is -2.35. The summed E-state index contributed by atoms with van der Waals surface area (Å²) in [7, 11) is 0. The van der Waals surface area contributed by atoms with E-state index in [1.54, 1.807) is 12.1 Å². The molecule has 1 aromatic rings. The molecule has 0 aromatic heterocycles. The Balaban J connectivity index is 1.96. The van der Waals surface area contributed by atoms with Crippen molar-refractivity contribution < 1.29 is 4.79 Å². The first-order valence-corrected chi connectivity index (χ1v) is 6.01. The number of nitrogens with zero attached hydrogens (tertiary/aromatic N) is 1. The molecule has 17 heavy (non-hydrogen) atoms. The van der Waals surface area contributed by atoms with Crippen molar-refractivity contribution in [3.63, 3.8) is 0 Å². The van der Waals surface area contributed by atoms with E-state index in [1.807, 2.05) is 19.1 Å². The third-order valence-corrected chi connectivity index (χ3v) is 3.37. The Morgan fingerprint density at radius 2 is 2.06 bits per heavy atom. The number of hydrogen-bond acceptors (Lipinski definition) is 2. The van der Waals surface area contributed by atoms with Crippen molar-refractivity contribution in [2.75, 3.05) is 0 Å². The molecule has 3 nitrogen and oxygen atoms in total. The smallest absolute Gasteiger partial charge is 0.223 e. The molecule has 1 aromatic carbocycles. The SMILES string of the molecule is CC(NC(=O)C1CCC1)c1ccc(C#N)cc1. The molecule has 2 rings (SSSR count). The first-order chi connectivity index (χ1) is 8.20. The predicted octanol–water partition coefficient (Wildman–Crippen LogP) is 2.54. The van der Waals surface area contributed by atoms with Crippen LogP contribution < -0.4 is 5.32 Å². The van der Waals surface area contributed by atoms with Gasteiger partial charge in [-0.05, 0) is 37.5 Å². The molecular formula is C14H16N2O. The third kappa shape index (κ3) is 2.65. The minimum atomic E-state index is 0.0100. The standard InChI is InChI=1S/C14H16N2O/c1-10(16-14(17)13-3-2-4-13)12-7-5-11(9-15)6-8-12/h5-8,10,13H,2-4H2,1H3,(H,16,17). The average molecular weight is 228 g/mol. The molecule has 1 aliphatic carbocycles. The van der Waals surface area contributed by atoms with Crippen LogP contribution in [-0.2, 0) is 4.79 Å². The summed E-state index contributed by atoms with van der Waals surface area (Å²) in [4.78, 5) is 11.8. The summed E-state index contributed by atoms with van der Waals surface area (Å²) in [6, 6.07) is 9.44. The van der Waals surface area contributed by atoms with Gasteiger partial charge in [-0.25, -0.2) is 0 Å². The normalized spacial score (nSPS) is 16.7.